The fraction of sp³-hybridized carbons (Fsp3) is 0.400. The summed E-state index contributed by atoms with van der Waals surface area (Å²) in [6.45, 7) is 1.61. The second-order valence-corrected chi connectivity index (χ2v) is 3.19. The van der Waals surface area contributed by atoms with E-state index < -0.39 is 0 Å². The molecule has 0 aliphatic carbocycles. The Morgan fingerprint density at radius 1 is 0.923 bits per heavy atom. The maximum atomic E-state index is 5.57. The molecule has 0 radical (unpaired) electrons. The van der Waals surface area contributed by atoms with Crippen LogP contribution in [0.15, 0.2) is 30.3 Å². The summed E-state index contributed by atoms with van der Waals surface area (Å²) in [5, 5.41) is 0. The van der Waals surface area contributed by atoms with Crippen LogP contribution in [0.1, 0.15) is 12.8 Å². The molecule has 0 aromatic heterocycles. The van der Waals surface area contributed by atoms with E-state index in [1.165, 1.54) is 0 Å². The van der Waals surface area contributed by atoms with Crippen LogP contribution in [0.2, 0.25) is 0 Å². The molecule has 68 valence electrons. The first-order valence-electron chi connectivity index (χ1n) is 4.75. The summed E-state index contributed by atoms with van der Waals surface area (Å²) < 4.78 is 11.1. The van der Waals surface area contributed by atoms with E-state index in [2.05, 4.69) is 0 Å². The Labute approximate surface area is 79.0 Å². The van der Waals surface area contributed by atoms with E-state index >= 15 is 0 Å². The standard InChI is InChI=1S/C10H13BO2/c1-2-6-10(7-3-1)11-12-8-4-5-9-13-11/h1-3,6-7H,4-5,8-9H2. The van der Waals surface area contributed by atoms with E-state index in [9.17, 15) is 0 Å². The lowest BCUT2D eigenvalue weighted by atomic mass is 9.79. The zero-order valence-electron chi connectivity index (χ0n) is 7.61. The largest absolute Gasteiger partial charge is 0.493 e. The summed E-state index contributed by atoms with van der Waals surface area (Å²) in [6.07, 6.45) is 2.20. The maximum Gasteiger partial charge on any atom is 0.493 e. The Bertz CT molecular complexity index is 242. The zero-order valence-corrected chi connectivity index (χ0v) is 7.61. The molecule has 0 spiro atoms. The third-order valence-corrected chi connectivity index (χ3v) is 2.15. The van der Waals surface area contributed by atoms with Crippen LogP contribution in [0.4, 0.5) is 0 Å². The summed E-state index contributed by atoms with van der Waals surface area (Å²) >= 11 is 0. The molecule has 2 rings (SSSR count). The van der Waals surface area contributed by atoms with E-state index in [4.69, 9.17) is 9.31 Å². The zero-order chi connectivity index (χ0) is 8.93. The van der Waals surface area contributed by atoms with Crippen LogP contribution in [0.3, 0.4) is 0 Å². The van der Waals surface area contributed by atoms with Gasteiger partial charge in [-0.25, -0.2) is 0 Å². The molecule has 2 nitrogen and oxygen atoms in total. The summed E-state index contributed by atoms with van der Waals surface area (Å²) in [6, 6.07) is 10.1. The first-order chi connectivity index (χ1) is 6.47. The van der Waals surface area contributed by atoms with E-state index in [1.54, 1.807) is 0 Å². The van der Waals surface area contributed by atoms with Gasteiger partial charge in [-0.15, -0.1) is 0 Å². The van der Waals surface area contributed by atoms with Crippen molar-refractivity contribution in [2.24, 2.45) is 0 Å². The van der Waals surface area contributed by atoms with Gasteiger partial charge in [0.1, 0.15) is 0 Å². The Morgan fingerprint density at radius 2 is 1.54 bits per heavy atom. The highest BCUT2D eigenvalue weighted by Gasteiger charge is 2.22. The predicted octanol–water partition coefficient (Wildman–Crippen LogP) is 1.21. The molecule has 0 amide bonds. The van der Waals surface area contributed by atoms with Gasteiger partial charge in [-0.2, -0.15) is 0 Å². The van der Waals surface area contributed by atoms with Crippen LogP contribution in [0, 0.1) is 0 Å². The van der Waals surface area contributed by atoms with Crippen LogP contribution in [-0.4, -0.2) is 20.3 Å². The van der Waals surface area contributed by atoms with E-state index in [1.807, 2.05) is 30.3 Å². The van der Waals surface area contributed by atoms with Gasteiger partial charge in [0.25, 0.3) is 0 Å². The normalized spacial score (nSPS) is 18.3. The van der Waals surface area contributed by atoms with Crippen LogP contribution in [0.25, 0.3) is 0 Å². The second kappa shape index (κ2) is 4.44. The lowest BCUT2D eigenvalue weighted by Crippen LogP contribution is -2.35. The van der Waals surface area contributed by atoms with Crippen molar-refractivity contribution in [3.8, 4) is 0 Å². The maximum absolute atomic E-state index is 5.57. The molecule has 0 unspecified atom stereocenters. The molecule has 0 atom stereocenters. The van der Waals surface area contributed by atoms with Crippen LogP contribution >= 0.6 is 0 Å². The molecule has 1 aromatic rings. The third kappa shape index (κ3) is 2.33. The van der Waals surface area contributed by atoms with Gasteiger partial charge >= 0.3 is 7.12 Å². The van der Waals surface area contributed by atoms with Gasteiger partial charge in [0.2, 0.25) is 0 Å². The predicted molar refractivity (Wildman–Crippen MR) is 53.0 cm³/mol. The molecule has 0 saturated carbocycles. The quantitative estimate of drug-likeness (QED) is 0.598. The van der Waals surface area contributed by atoms with Crippen molar-refractivity contribution in [3.05, 3.63) is 30.3 Å². The summed E-state index contributed by atoms with van der Waals surface area (Å²) in [5.41, 5.74) is 1.12. The van der Waals surface area contributed by atoms with Gasteiger partial charge in [0.15, 0.2) is 0 Å². The fourth-order valence-electron chi connectivity index (χ4n) is 1.44. The molecule has 13 heavy (non-hydrogen) atoms. The van der Waals surface area contributed by atoms with Gasteiger partial charge < -0.3 is 9.31 Å². The van der Waals surface area contributed by atoms with Gasteiger partial charge in [-0.1, -0.05) is 30.3 Å². The average Bonchev–Trinajstić information content (AvgIpc) is 2.47. The Hall–Kier alpha value is -0.795. The molecule has 3 heteroatoms. The van der Waals surface area contributed by atoms with Crippen molar-refractivity contribution in [2.45, 2.75) is 12.8 Å². The molecule has 1 fully saturated rings. The van der Waals surface area contributed by atoms with Crippen molar-refractivity contribution in [2.75, 3.05) is 13.2 Å². The average molecular weight is 176 g/mol. The smallest absolute Gasteiger partial charge is 0.407 e. The summed E-state index contributed by atoms with van der Waals surface area (Å²) in [7, 11) is -0.149. The number of hydrogen-bond donors (Lipinski definition) is 0. The van der Waals surface area contributed by atoms with Crippen LogP contribution < -0.4 is 5.46 Å². The summed E-state index contributed by atoms with van der Waals surface area (Å²) in [4.78, 5) is 0. The Kier molecular flexibility index (Phi) is 3.00. The van der Waals surface area contributed by atoms with Gasteiger partial charge in [-0.3, -0.25) is 0 Å². The fourth-order valence-corrected chi connectivity index (χ4v) is 1.44. The topological polar surface area (TPSA) is 18.5 Å². The molecular weight excluding hydrogens is 163 g/mol. The minimum absolute atomic E-state index is 0.149. The van der Waals surface area contributed by atoms with Gasteiger partial charge in [-0.05, 0) is 18.3 Å². The highest BCUT2D eigenvalue weighted by atomic mass is 16.6. The monoisotopic (exact) mass is 176 g/mol. The summed E-state index contributed by atoms with van der Waals surface area (Å²) in [5.74, 6) is 0. The number of benzene rings is 1. The molecule has 1 saturated heterocycles. The van der Waals surface area contributed by atoms with Crippen LogP contribution in [0.5, 0.6) is 0 Å². The molecule has 1 aliphatic heterocycles. The third-order valence-electron chi connectivity index (χ3n) is 2.15. The van der Waals surface area contributed by atoms with Crippen molar-refractivity contribution >= 4 is 12.6 Å². The van der Waals surface area contributed by atoms with Gasteiger partial charge in [0.05, 0.1) is 0 Å². The SMILES string of the molecule is c1ccc(B2OCCCCO2)cc1. The first kappa shape index (κ1) is 8.79. The molecule has 1 aromatic carbocycles. The van der Waals surface area contributed by atoms with Crippen LogP contribution in [-0.2, 0) is 9.31 Å². The first-order valence-corrected chi connectivity index (χ1v) is 4.75. The van der Waals surface area contributed by atoms with E-state index in [0.29, 0.717) is 0 Å². The lowest BCUT2D eigenvalue weighted by Gasteiger charge is -2.09. The van der Waals surface area contributed by atoms with Crippen molar-refractivity contribution in [1.82, 2.24) is 0 Å². The number of hydrogen-bond acceptors (Lipinski definition) is 2. The minimum atomic E-state index is -0.149. The molecule has 1 aliphatic rings. The number of rotatable bonds is 1. The minimum Gasteiger partial charge on any atom is -0.407 e. The molecule has 0 N–H and O–H groups in total. The van der Waals surface area contributed by atoms with E-state index in [-0.39, 0.29) is 7.12 Å². The lowest BCUT2D eigenvalue weighted by molar-refractivity contribution is 0.247. The van der Waals surface area contributed by atoms with E-state index in [0.717, 1.165) is 31.5 Å². The van der Waals surface area contributed by atoms with Crippen molar-refractivity contribution in [3.63, 3.8) is 0 Å². The van der Waals surface area contributed by atoms with Crippen molar-refractivity contribution in [1.29, 1.82) is 0 Å². The second-order valence-electron chi connectivity index (χ2n) is 3.19. The molecule has 0 bridgehead atoms. The Balaban J connectivity index is 2.06. The molecular formula is C10H13BO2. The van der Waals surface area contributed by atoms with Crippen molar-refractivity contribution < 1.29 is 9.31 Å². The molecule has 1 heterocycles. The highest BCUT2D eigenvalue weighted by Crippen LogP contribution is 2.02. The highest BCUT2D eigenvalue weighted by molar-refractivity contribution is 6.61. The Morgan fingerprint density at radius 3 is 2.15 bits per heavy atom. The van der Waals surface area contributed by atoms with Gasteiger partial charge in [0, 0.05) is 13.2 Å².